The average Bonchev–Trinajstić information content (AvgIpc) is 2.94. The van der Waals surface area contributed by atoms with Crippen LogP contribution in [0.15, 0.2) is 36.4 Å². The number of hydrogen-bond acceptors (Lipinski definition) is 6. The maximum atomic E-state index is 9.28. The smallest absolute Gasteiger partial charge is 0.239 e. The summed E-state index contributed by atoms with van der Waals surface area (Å²) in [5.41, 5.74) is 1.72. The van der Waals surface area contributed by atoms with Crippen molar-refractivity contribution in [3.63, 3.8) is 0 Å². The molecule has 2 aromatic heterocycles. The van der Waals surface area contributed by atoms with E-state index in [4.69, 9.17) is 4.74 Å². The van der Waals surface area contributed by atoms with E-state index in [1.807, 2.05) is 24.3 Å². The minimum atomic E-state index is -0.284. The van der Waals surface area contributed by atoms with Gasteiger partial charge in [-0.25, -0.2) is 0 Å². The molecule has 108 valence electrons. The largest absolute Gasteiger partial charge is 0.438 e. The molecule has 0 saturated heterocycles. The Morgan fingerprint density at radius 3 is 2.76 bits per heavy atom. The van der Waals surface area contributed by atoms with Crippen LogP contribution in [0.3, 0.4) is 0 Å². The van der Waals surface area contributed by atoms with Crippen LogP contribution in [-0.4, -0.2) is 36.5 Å². The summed E-state index contributed by atoms with van der Waals surface area (Å²) in [6.07, 6.45) is 1.30. The maximum Gasteiger partial charge on any atom is 0.239 e. The second-order valence-electron chi connectivity index (χ2n) is 4.83. The Bertz CT molecular complexity index is 724. The summed E-state index contributed by atoms with van der Waals surface area (Å²) in [6, 6.07) is 11.2. The predicted octanol–water partition coefficient (Wildman–Crippen LogP) is 1.62. The zero-order chi connectivity index (χ0) is 14.7. The van der Waals surface area contributed by atoms with Crippen molar-refractivity contribution in [3.8, 4) is 11.6 Å². The fourth-order valence-electron chi connectivity index (χ4n) is 1.91. The third-order valence-corrected chi connectivity index (χ3v) is 3.04. The second kappa shape index (κ2) is 5.84. The number of aromatic nitrogens is 5. The first-order valence-electron chi connectivity index (χ1n) is 6.71. The third-order valence-electron chi connectivity index (χ3n) is 3.04. The van der Waals surface area contributed by atoms with Crippen molar-refractivity contribution in [1.29, 1.82) is 0 Å². The Kier molecular flexibility index (Phi) is 3.74. The molecule has 0 fully saturated rings. The molecule has 1 aromatic carbocycles. The Balaban J connectivity index is 1.69. The van der Waals surface area contributed by atoms with Crippen LogP contribution in [0.5, 0.6) is 11.6 Å². The molecule has 0 aliphatic heterocycles. The average molecular weight is 285 g/mol. The highest BCUT2D eigenvalue weighted by atomic mass is 16.5. The zero-order valence-corrected chi connectivity index (χ0v) is 11.5. The van der Waals surface area contributed by atoms with Gasteiger partial charge in [0.25, 0.3) is 0 Å². The molecule has 0 amide bonds. The van der Waals surface area contributed by atoms with Crippen molar-refractivity contribution >= 4 is 5.65 Å². The van der Waals surface area contributed by atoms with Crippen LogP contribution >= 0.6 is 0 Å². The van der Waals surface area contributed by atoms with Gasteiger partial charge in [-0.3, -0.25) is 0 Å². The SMILES string of the molecule is CC(O)CCc1ccc(Oc2ccc3nnnn3n2)cc1. The van der Waals surface area contributed by atoms with E-state index in [9.17, 15) is 5.11 Å². The lowest BCUT2D eigenvalue weighted by molar-refractivity contribution is 0.185. The van der Waals surface area contributed by atoms with Crippen LogP contribution in [-0.2, 0) is 6.42 Å². The summed E-state index contributed by atoms with van der Waals surface area (Å²) >= 11 is 0. The van der Waals surface area contributed by atoms with Crippen molar-refractivity contribution in [2.24, 2.45) is 0 Å². The van der Waals surface area contributed by atoms with Gasteiger partial charge in [-0.2, -0.15) is 0 Å². The fraction of sp³-hybridized carbons (Fsp3) is 0.286. The minimum Gasteiger partial charge on any atom is -0.438 e. The molecule has 1 N–H and O–H groups in total. The van der Waals surface area contributed by atoms with E-state index in [2.05, 4.69) is 20.6 Å². The molecule has 0 spiro atoms. The van der Waals surface area contributed by atoms with Crippen LogP contribution in [0.2, 0.25) is 0 Å². The van der Waals surface area contributed by atoms with Gasteiger partial charge in [-0.1, -0.05) is 12.1 Å². The summed E-state index contributed by atoms with van der Waals surface area (Å²) in [5.74, 6) is 1.11. The van der Waals surface area contributed by atoms with Crippen LogP contribution in [0.25, 0.3) is 5.65 Å². The summed E-state index contributed by atoms with van der Waals surface area (Å²) < 4.78 is 6.97. The first-order valence-corrected chi connectivity index (χ1v) is 6.71. The van der Waals surface area contributed by atoms with E-state index < -0.39 is 0 Å². The lowest BCUT2D eigenvalue weighted by atomic mass is 10.1. The van der Waals surface area contributed by atoms with E-state index >= 15 is 0 Å². The molecular formula is C14H15N5O2. The molecule has 7 nitrogen and oxygen atoms in total. The van der Waals surface area contributed by atoms with E-state index in [-0.39, 0.29) is 6.10 Å². The van der Waals surface area contributed by atoms with Crippen molar-refractivity contribution in [3.05, 3.63) is 42.0 Å². The van der Waals surface area contributed by atoms with Gasteiger partial charge >= 0.3 is 0 Å². The maximum absolute atomic E-state index is 9.28. The Hall–Kier alpha value is -2.54. The van der Waals surface area contributed by atoms with Crippen molar-refractivity contribution in [2.75, 3.05) is 0 Å². The van der Waals surface area contributed by atoms with Crippen LogP contribution in [0.4, 0.5) is 0 Å². The highest BCUT2D eigenvalue weighted by Gasteiger charge is 2.04. The third kappa shape index (κ3) is 3.32. The number of aryl methyl sites for hydroxylation is 1. The number of tetrazole rings is 1. The molecule has 0 bridgehead atoms. The van der Waals surface area contributed by atoms with E-state index in [1.165, 1.54) is 4.63 Å². The molecule has 2 heterocycles. The van der Waals surface area contributed by atoms with Gasteiger partial charge in [-0.15, -0.1) is 14.8 Å². The number of aliphatic hydroxyl groups is 1. The number of fused-ring (bicyclic) bond motifs is 1. The van der Waals surface area contributed by atoms with Gasteiger partial charge in [0, 0.05) is 6.07 Å². The van der Waals surface area contributed by atoms with Crippen molar-refractivity contribution in [2.45, 2.75) is 25.9 Å². The van der Waals surface area contributed by atoms with Gasteiger partial charge in [0.1, 0.15) is 5.75 Å². The first kappa shape index (κ1) is 13.4. The normalized spacial score (nSPS) is 12.5. The number of aliphatic hydroxyl groups excluding tert-OH is 1. The van der Waals surface area contributed by atoms with Gasteiger partial charge in [-0.05, 0) is 54.0 Å². The summed E-state index contributed by atoms with van der Waals surface area (Å²) in [7, 11) is 0. The standard InChI is InChI=1S/C14H15N5O2/c1-10(20)2-3-11-4-6-12(7-5-11)21-14-9-8-13-15-17-18-19(13)16-14/h4-10,20H,2-3H2,1H3. The Labute approximate surface area is 121 Å². The molecule has 0 aliphatic carbocycles. The van der Waals surface area contributed by atoms with Gasteiger partial charge < -0.3 is 9.84 Å². The van der Waals surface area contributed by atoms with Crippen LogP contribution < -0.4 is 4.74 Å². The summed E-state index contributed by atoms with van der Waals surface area (Å²) in [5, 5.41) is 24.4. The predicted molar refractivity (Wildman–Crippen MR) is 75.1 cm³/mol. The van der Waals surface area contributed by atoms with Gasteiger partial charge in [0.2, 0.25) is 5.88 Å². The monoisotopic (exact) mass is 285 g/mol. The molecule has 0 aliphatic rings. The topological polar surface area (TPSA) is 85.4 Å². The van der Waals surface area contributed by atoms with Crippen molar-refractivity contribution < 1.29 is 9.84 Å². The van der Waals surface area contributed by atoms with E-state index in [0.717, 1.165) is 18.4 Å². The highest BCUT2D eigenvalue weighted by molar-refractivity contribution is 5.36. The number of ether oxygens (including phenoxy) is 1. The fourth-order valence-corrected chi connectivity index (χ4v) is 1.91. The molecule has 1 atom stereocenters. The first-order chi connectivity index (χ1) is 10.2. The molecular weight excluding hydrogens is 270 g/mol. The van der Waals surface area contributed by atoms with Gasteiger partial charge in [0.05, 0.1) is 6.10 Å². The summed E-state index contributed by atoms with van der Waals surface area (Å²) in [6.45, 7) is 1.79. The Morgan fingerprint density at radius 1 is 1.19 bits per heavy atom. The minimum absolute atomic E-state index is 0.284. The van der Waals surface area contributed by atoms with Crippen LogP contribution in [0, 0.1) is 0 Å². The number of rotatable bonds is 5. The number of nitrogens with zero attached hydrogens (tertiary/aromatic N) is 5. The molecule has 3 rings (SSSR count). The van der Waals surface area contributed by atoms with Crippen LogP contribution in [0.1, 0.15) is 18.9 Å². The molecule has 21 heavy (non-hydrogen) atoms. The number of benzene rings is 1. The molecule has 1 unspecified atom stereocenters. The molecule has 3 aromatic rings. The number of hydrogen-bond donors (Lipinski definition) is 1. The highest BCUT2D eigenvalue weighted by Crippen LogP contribution is 2.20. The lowest BCUT2D eigenvalue weighted by Gasteiger charge is -2.07. The van der Waals surface area contributed by atoms with Gasteiger partial charge in [0.15, 0.2) is 5.65 Å². The molecule has 0 radical (unpaired) electrons. The van der Waals surface area contributed by atoms with E-state index in [0.29, 0.717) is 17.3 Å². The second-order valence-corrected chi connectivity index (χ2v) is 4.83. The molecule has 7 heteroatoms. The lowest BCUT2D eigenvalue weighted by Crippen LogP contribution is -2.01. The summed E-state index contributed by atoms with van der Waals surface area (Å²) in [4.78, 5) is 0. The van der Waals surface area contributed by atoms with Crippen molar-refractivity contribution in [1.82, 2.24) is 25.3 Å². The van der Waals surface area contributed by atoms with E-state index in [1.54, 1.807) is 19.1 Å². The zero-order valence-electron chi connectivity index (χ0n) is 11.5. The quantitative estimate of drug-likeness (QED) is 0.766. The Morgan fingerprint density at radius 2 is 2.00 bits per heavy atom. The molecule has 0 saturated carbocycles.